The number of nitrogens with one attached hydrogen (secondary N) is 1. The average Bonchev–Trinajstić information content (AvgIpc) is 2.38. The second-order valence-corrected chi connectivity index (χ2v) is 6.87. The van der Waals surface area contributed by atoms with E-state index in [1.807, 2.05) is 19.1 Å². The van der Waals surface area contributed by atoms with E-state index in [2.05, 4.69) is 38.2 Å². The van der Waals surface area contributed by atoms with Crippen molar-refractivity contribution in [2.45, 2.75) is 57.9 Å². The van der Waals surface area contributed by atoms with Crippen molar-refractivity contribution in [3.63, 3.8) is 0 Å². The van der Waals surface area contributed by atoms with Crippen LogP contribution in [-0.4, -0.2) is 17.9 Å². The summed E-state index contributed by atoms with van der Waals surface area (Å²) in [5, 5.41) is 3.39. The van der Waals surface area contributed by atoms with Gasteiger partial charge in [-0.05, 0) is 43.7 Å². The molecule has 1 aromatic carbocycles. The molecule has 0 amide bonds. The molecule has 1 N–H and O–H groups in total. The van der Waals surface area contributed by atoms with Crippen LogP contribution in [0.1, 0.15) is 62.9 Å². The van der Waals surface area contributed by atoms with E-state index in [4.69, 9.17) is 0 Å². The third-order valence-electron chi connectivity index (χ3n) is 4.13. The highest BCUT2D eigenvalue weighted by molar-refractivity contribution is 6.03. The Balaban J connectivity index is 2.20. The highest BCUT2D eigenvalue weighted by Crippen LogP contribution is 2.26. The maximum Gasteiger partial charge on any atom is 0.182 e. The molecule has 1 aliphatic rings. The van der Waals surface area contributed by atoms with Crippen molar-refractivity contribution in [1.82, 2.24) is 5.32 Å². The van der Waals surface area contributed by atoms with E-state index >= 15 is 0 Å². The van der Waals surface area contributed by atoms with Gasteiger partial charge in [-0.2, -0.15) is 0 Å². The maximum atomic E-state index is 12.6. The third kappa shape index (κ3) is 3.06. The second-order valence-electron chi connectivity index (χ2n) is 6.87. The van der Waals surface area contributed by atoms with Gasteiger partial charge in [0.15, 0.2) is 5.78 Å². The van der Waals surface area contributed by atoms with Crippen molar-refractivity contribution < 1.29 is 4.79 Å². The molecule has 1 fully saturated rings. The number of piperidine rings is 1. The van der Waals surface area contributed by atoms with Crippen molar-refractivity contribution in [2.75, 3.05) is 6.54 Å². The Morgan fingerprint density at radius 1 is 1.16 bits per heavy atom. The molecule has 1 atom stereocenters. The first kappa shape index (κ1) is 14.3. The molecule has 1 heterocycles. The fraction of sp³-hybridized carbons (Fsp3) is 0.588. The van der Waals surface area contributed by atoms with Gasteiger partial charge in [-0.3, -0.25) is 4.79 Å². The lowest BCUT2D eigenvalue weighted by molar-refractivity contribution is 0.0835. The van der Waals surface area contributed by atoms with Gasteiger partial charge in [-0.25, -0.2) is 0 Å². The highest BCUT2D eigenvalue weighted by Gasteiger charge is 2.34. The molecule has 2 heteroatoms. The first-order chi connectivity index (χ1) is 8.83. The molecular formula is C17H25NO. The number of rotatable bonds is 2. The third-order valence-corrected chi connectivity index (χ3v) is 4.13. The average molecular weight is 259 g/mol. The Hall–Kier alpha value is -1.15. The zero-order valence-electron chi connectivity index (χ0n) is 12.5. The van der Waals surface area contributed by atoms with E-state index in [1.54, 1.807) is 0 Å². The lowest BCUT2D eigenvalue weighted by Gasteiger charge is -2.33. The van der Waals surface area contributed by atoms with Gasteiger partial charge in [0, 0.05) is 5.56 Å². The number of carbonyl (C=O) groups excluding carboxylic acids is 1. The van der Waals surface area contributed by atoms with Crippen LogP contribution in [0.15, 0.2) is 24.3 Å². The fourth-order valence-electron chi connectivity index (χ4n) is 2.69. The highest BCUT2D eigenvalue weighted by atomic mass is 16.1. The van der Waals surface area contributed by atoms with Crippen LogP contribution in [0.25, 0.3) is 0 Å². The fourth-order valence-corrected chi connectivity index (χ4v) is 2.69. The van der Waals surface area contributed by atoms with Gasteiger partial charge in [0.25, 0.3) is 0 Å². The minimum atomic E-state index is -0.374. The van der Waals surface area contributed by atoms with Gasteiger partial charge < -0.3 is 5.32 Å². The van der Waals surface area contributed by atoms with Crippen molar-refractivity contribution >= 4 is 5.78 Å². The van der Waals surface area contributed by atoms with Gasteiger partial charge in [-0.15, -0.1) is 0 Å². The van der Waals surface area contributed by atoms with Crippen molar-refractivity contribution in [2.24, 2.45) is 0 Å². The first-order valence-electron chi connectivity index (χ1n) is 7.23. The van der Waals surface area contributed by atoms with Crippen LogP contribution in [0, 0.1) is 0 Å². The molecule has 104 valence electrons. The molecule has 0 bridgehead atoms. The molecule has 2 rings (SSSR count). The standard InChI is InChI=1S/C17H25NO/c1-16(2,3)14-9-7-13(8-10-14)15(19)17(4)11-5-6-12-18-17/h7-10,18H,5-6,11-12H2,1-4H3. The predicted octanol–water partition coefficient (Wildman–Crippen LogP) is 3.70. The van der Waals surface area contributed by atoms with Gasteiger partial charge in [0.2, 0.25) is 0 Å². The normalized spacial score (nSPS) is 24.2. The van der Waals surface area contributed by atoms with Crippen LogP contribution in [0.4, 0.5) is 0 Å². The Morgan fingerprint density at radius 2 is 1.79 bits per heavy atom. The number of ketones is 1. The molecule has 1 unspecified atom stereocenters. The smallest absolute Gasteiger partial charge is 0.182 e. The number of hydrogen-bond acceptors (Lipinski definition) is 2. The van der Waals surface area contributed by atoms with Crippen molar-refractivity contribution in [3.8, 4) is 0 Å². The molecule has 1 aromatic rings. The zero-order valence-corrected chi connectivity index (χ0v) is 12.5. The Bertz CT molecular complexity index is 447. The van der Waals surface area contributed by atoms with Gasteiger partial charge >= 0.3 is 0 Å². The largest absolute Gasteiger partial charge is 0.305 e. The summed E-state index contributed by atoms with van der Waals surface area (Å²) >= 11 is 0. The van der Waals surface area contributed by atoms with E-state index in [1.165, 1.54) is 12.0 Å². The molecular weight excluding hydrogens is 234 g/mol. The Kier molecular flexibility index (Phi) is 3.82. The van der Waals surface area contributed by atoms with E-state index in [0.29, 0.717) is 0 Å². The van der Waals surface area contributed by atoms with Crippen LogP contribution in [-0.2, 0) is 5.41 Å². The van der Waals surface area contributed by atoms with Crippen LogP contribution in [0.3, 0.4) is 0 Å². The molecule has 1 aliphatic heterocycles. The van der Waals surface area contributed by atoms with Gasteiger partial charge in [0.1, 0.15) is 0 Å². The van der Waals surface area contributed by atoms with Crippen LogP contribution >= 0.6 is 0 Å². The summed E-state index contributed by atoms with van der Waals surface area (Å²) in [5.74, 6) is 0.229. The second kappa shape index (κ2) is 5.09. The molecule has 1 saturated heterocycles. The van der Waals surface area contributed by atoms with Crippen molar-refractivity contribution in [3.05, 3.63) is 35.4 Å². The molecule has 2 nitrogen and oxygen atoms in total. The summed E-state index contributed by atoms with van der Waals surface area (Å²) in [6.45, 7) is 9.55. The number of carbonyl (C=O) groups is 1. The lowest BCUT2D eigenvalue weighted by atomic mass is 9.82. The molecule has 0 radical (unpaired) electrons. The van der Waals surface area contributed by atoms with Crippen LogP contribution in [0.2, 0.25) is 0 Å². The van der Waals surface area contributed by atoms with E-state index < -0.39 is 0 Å². The lowest BCUT2D eigenvalue weighted by Crippen LogP contribution is -2.52. The summed E-state index contributed by atoms with van der Waals surface area (Å²) in [6.07, 6.45) is 3.24. The van der Waals surface area contributed by atoms with Gasteiger partial charge in [-0.1, -0.05) is 45.0 Å². The Morgan fingerprint density at radius 3 is 2.26 bits per heavy atom. The number of Topliss-reactive ketones (excluding diaryl/α,β-unsaturated/α-hetero) is 1. The van der Waals surface area contributed by atoms with E-state index in [0.717, 1.165) is 24.9 Å². The molecule has 0 aliphatic carbocycles. The molecule has 0 saturated carbocycles. The molecule has 0 spiro atoms. The summed E-state index contributed by atoms with van der Waals surface area (Å²) in [5.41, 5.74) is 1.85. The minimum Gasteiger partial charge on any atom is -0.305 e. The SMILES string of the molecule is CC1(C(=O)c2ccc(C(C)(C)C)cc2)CCCCN1. The monoisotopic (exact) mass is 259 g/mol. The quantitative estimate of drug-likeness (QED) is 0.821. The van der Waals surface area contributed by atoms with Crippen LogP contribution in [0.5, 0.6) is 0 Å². The first-order valence-corrected chi connectivity index (χ1v) is 7.23. The Labute approximate surface area is 116 Å². The number of benzene rings is 1. The molecule has 0 aromatic heterocycles. The maximum absolute atomic E-state index is 12.6. The van der Waals surface area contributed by atoms with Gasteiger partial charge in [0.05, 0.1) is 5.54 Å². The van der Waals surface area contributed by atoms with E-state index in [-0.39, 0.29) is 16.7 Å². The van der Waals surface area contributed by atoms with Crippen molar-refractivity contribution in [1.29, 1.82) is 0 Å². The summed E-state index contributed by atoms with van der Waals surface area (Å²) in [7, 11) is 0. The summed E-state index contributed by atoms with van der Waals surface area (Å²) < 4.78 is 0. The summed E-state index contributed by atoms with van der Waals surface area (Å²) in [6, 6.07) is 8.12. The topological polar surface area (TPSA) is 29.1 Å². The number of hydrogen-bond donors (Lipinski definition) is 1. The van der Waals surface area contributed by atoms with E-state index in [9.17, 15) is 4.79 Å². The summed E-state index contributed by atoms with van der Waals surface area (Å²) in [4.78, 5) is 12.6. The van der Waals surface area contributed by atoms with Crippen LogP contribution < -0.4 is 5.32 Å². The molecule has 19 heavy (non-hydrogen) atoms. The minimum absolute atomic E-state index is 0.133. The predicted molar refractivity (Wildman–Crippen MR) is 79.7 cm³/mol. The zero-order chi connectivity index (χ0) is 14.1.